The molecule has 1 spiro atoms. The van der Waals surface area contributed by atoms with Crippen molar-refractivity contribution in [2.75, 3.05) is 0 Å². The lowest BCUT2D eigenvalue weighted by Crippen LogP contribution is -2.36. The zero-order chi connectivity index (χ0) is 23.6. The van der Waals surface area contributed by atoms with E-state index in [0.717, 1.165) is 23.5 Å². The Hall–Kier alpha value is -4.35. The van der Waals surface area contributed by atoms with Crippen molar-refractivity contribution in [2.24, 2.45) is 5.92 Å². The fourth-order valence-corrected chi connectivity index (χ4v) is 6.45. The topological polar surface area (TPSA) is 33.0 Å². The Labute approximate surface area is 205 Å². The highest BCUT2D eigenvalue weighted by Crippen LogP contribution is 2.62. The van der Waals surface area contributed by atoms with Crippen LogP contribution in [0, 0.1) is 17.2 Å². The van der Waals surface area contributed by atoms with Crippen molar-refractivity contribution in [1.29, 1.82) is 5.26 Å². The Kier molecular flexibility index (Phi) is 4.20. The van der Waals surface area contributed by atoms with E-state index >= 15 is 0 Å². The molecule has 2 nitrogen and oxygen atoms in total. The van der Waals surface area contributed by atoms with Crippen LogP contribution in [0.4, 0.5) is 0 Å². The molecular formula is C33H23NO. The highest BCUT2D eigenvalue weighted by molar-refractivity contribution is 5.88. The summed E-state index contributed by atoms with van der Waals surface area (Å²) in [5, 5.41) is 9.44. The molecule has 166 valence electrons. The van der Waals surface area contributed by atoms with Crippen LogP contribution >= 0.6 is 0 Å². The lowest BCUT2D eigenvalue weighted by molar-refractivity contribution is 0.383. The summed E-state index contributed by atoms with van der Waals surface area (Å²) in [5.74, 6) is 2.13. The van der Waals surface area contributed by atoms with Gasteiger partial charge in [-0.25, -0.2) is 0 Å². The van der Waals surface area contributed by atoms with Crippen LogP contribution in [0.5, 0.6) is 5.75 Å². The molecule has 0 radical (unpaired) electrons. The minimum absolute atomic E-state index is 0.286. The minimum Gasteiger partial charge on any atom is -0.457 e. The standard InChI is InChI=1S/C33H23NO/c1-21-17-30-32(19-26(21)23-10-8-9-22(18-23)20-34)35-31-16-7-6-15-29(31)33(30)27-13-4-2-11-24(27)25-12-3-5-14-28(25)33/h2-16,18-19,21H,17H2,1H3. The second-order valence-corrected chi connectivity index (χ2v) is 9.68. The van der Waals surface area contributed by atoms with E-state index in [-0.39, 0.29) is 11.3 Å². The first-order chi connectivity index (χ1) is 17.2. The lowest BCUT2D eigenvalue weighted by atomic mass is 9.62. The monoisotopic (exact) mass is 449 g/mol. The van der Waals surface area contributed by atoms with E-state index in [4.69, 9.17) is 4.74 Å². The molecular weight excluding hydrogens is 426 g/mol. The number of hydrogen-bond donors (Lipinski definition) is 0. The minimum atomic E-state index is -0.373. The van der Waals surface area contributed by atoms with Gasteiger partial charge in [-0.15, -0.1) is 0 Å². The van der Waals surface area contributed by atoms with Crippen LogP contribution in [0.2, 0.25) is 0 Å². The molecule has 3 aliphatic rings. The van der Waals surface area contributed by atoms with Crippen LogP contribution in [0.1, 0.15) is 41.2 Å². The van der Waals surface area contributed by atoms with Gasteiger partial charge in [0, 0.05) is 5.56 Å². The number of hydrogen-bond acceptors (Lipinski definition) is 2. The Morgan fingerprint density at radius 1 is 0.800 bits per heavy atom. The third-order valence-electron chi connectivity index (χ3n) is 7.87. The Bertz CT molecular complexity index is 1590. The summed E-state index contributed by atoms with van der Waals surface area (Å²) in [7, 11) is 0. The van der Waals surface area contributed by atoms with Gasteiger partial charge in [0.05, 0.1) is 17.0 Å². The molecule has 35 heavy (non-hydrogen) atoms. The molecule has 4 aromatic carbocycles. The highest BCUT2D eigenvalue weighted by atomic mass is 16.5. The number of nitriles is 1. The van der Waals surface area contributed by atoms with Gasteiger partial charge in [0.25, 0.3) is 0 Å². The van der Waals surface area contributed by atoms with E-state index in [9.17, 15) is 5.26 Å². The first-order valence-corrected chi connectivity index (χ1v) is 12.1. The molecule has 2 heteroatoms. The summed E-state index contributed by atoms with van der Waals surface area (Å²) in [5.41, 5.74) is 10.4. The molecule has 1 atom stereocenters. The predicted octanol–water partition coefficient (Wildman–Crippen LogP) is 7.64. The van der Waals surface area contributed by atoms with Gasteiger partial charge in [-0.05, 0) is 75.6 Å². The second kappa shape index (κ2) is 7.32. The number of benzene rings is 4. The van der Waals surface area contributed by atoms with Gasteiger partial charge in [0.1, 0.15) is 11.5 Å². The lowest BCUT2D eigenvalue weighted by Gasteiger charge is -2.43. The van der Waals surface area contributed by atoms with Crippen molar-refractivity contribution in [3.8, 4) is 22.9 Å². The maximum atomic E-state index is 9.44. The smallest absolute Gasteiger partial charge is 0.132 e. The van der Waals surface area contributed by atoms with Crippen LogP contribution in [-0.2, 0) is 5.41 Å². The van der Waals surface area contributed by atoms with Crippen molar-refractivity contribution in [3.05, 3.63) is 142 Å². The molecule has 4 aromatic rings. The summed E-state index contributed by atoms with van der Waals surface area (Å²) >= 11 is 0. The summed E-state index contributed by atoms with van der Waals surface area (Å²) in [6.07, 6.45) is 3.11. The first-order valence-electron chi connectivity index (χ1n) is 12.1. The summed E-state index contributed by atoms with van der Waals surface area (Å²) in [6, 6.07) is 36.4. The second-order valence-electron chi connectivity index (χ2n) is 9.68. The van der Waals surface area contributed by atoms with Gasteiger partial charge in [0.15, 0.2) is 0 Å². The number of ether oxygens (including phenoxy) is 1. The fraction of sp³-hybridized carbons (Fsp3) is 0.121. The molecule has 0 saturated heterocycles. The number of nitrogens with zero attached hydrogens (tertiary/aromatic N) is 1. The molecule has 0 N–H and O–H groups in total. The van der Waals surface area contributed by atoms with E-state index in [1.54, 1.807) is 0 Å². The number of fused-ring (bicyclic) bond motifs is 8. The van der Waals surface area contributed by atoms with Crippen molar-refractivity contribution >= 4 is 5.57 Å². The van der Waals surface area contributed by atoms with Crippen LogP contribution in [0.3, 0.4) is 0 Å². The SMILES string of the molecule is CC1CC2=C(C=C1c1cccc(C#N)c1)Oc1ccccc1C21c2ccccc2-c2ccccc21. The largest absolute Gasteiger partial charge is 0.457 e. The number of rotatable bonds is 1. The Balaban J connectivity index is 1.55. The van der Waals surface area contributed by atoms with Gasteiger partial charge < -0.3 is 4.74 Å². The normalized spacial score (nSPS) is 18.5. The first kappa shape index (κ1) is 20.1. The van der Waals surface area contributed by atoms with Gasteiger partial charge in [-0.1, -0.05) is 85.8 Å². The highest BCUT2D eigenvalue weighted by Gasteiger charge is 2.52. The Morgan fingerprint density at radius 2 is 1.46 bits per heavy atom. The van der Waals surface area contributed by atoms with E-state index in [1.807, 2.05) is 18.2 Å². The van der Waals surface area contributed by atoms with Crippen LogP contribution in [-0.4, -0.2) is 0 Å². The summed E-state index contributed by atoms with van der Waals surface area (Å²) in [4.78, 5) is 0. The zero-order valence-electron chi connectivity index (χ0n) is 19.5. The average molecular weight is 450 g/mol. The van der Waals surface area contributed by atoms with Gasteiger partial charge in [0.2, 0.25) is 0 Å². The van der Waals surface area contributed by atoms with Crippen LogP contribution in [0.25, 0.3) is 16.7 Å². The molecule has 1 aliphatic heterocycles. The number of allylic oxidation sites excluding steroid dienone is 3. The zero-order valence-corrected chi connectivity index (χ0v) is 19.5. The van der Waals surface area contributed by atoms with E-state index in [2.05, 4.69) is 97.9 Å². The quantitative estimate of drug-likeness (QED) is 0.299. The molecule has 7 rings (SSSR count). The third kappa shape index (κ3) is 2.64. The molecule has 0 aromatic heterocycles. The van der Waals surface area contributed by atoms with Crippen molar-refractivity contribution in [1.82, 2.24) is 0 Å². The van der Waals surface area contributed by atoms with Crippen molar-refractivity contribution in [3.63, 3.8) is 0 Å². The molecule has 1 unspecified atom stereocenters. The Morgan fingerprint density at radius 3 is 2.17 bits per heavy atom. The molecule has 0 bridgehead atoms. The van der Waals surface area contributed by atoms with Gasteiger partial charge >= 0.3 is 0 Å². The third-order valence-corrected chi connectivity index (χ3v) is 7.87. The van der Waals surface area contributed by atoms with Crippen LogP contribution in [0.15, 0.2) is 114 Å². The fourth-order valence-electron chi connectivity index (χ4n) is 6.45. The maximum Gasteiger partial charge on any atom is 0.132 e. The van der Waals surface area contributed by atoms with E-state index in [0.29, 0.717) is 5.56 Å². The van der Waals surface area contributed by atoms with Crippen molar-refractivity contribution in [2.45, 2.75) is 18.8 Å². The molecule has 0 saturated carbocycles. The average Bonchev–Trinajstić information content (AvgIpc) is 3.20. The van der Waals surface area contributed by atoms with Crippen LogP contribution < -0.4 is 4.74 Å². The van der Waals surface area contributed by atoms with Gasteiger partial charge in [-0.2, -0.15) is 5.26 Å². The molecule has 0 fully saturated rings. The van der Waals surface area contributed by atoms with E-state index in [1.165, 1.54) is 39.0 Å². The van der Waals surface area contributed by atoms with Crippen molar-refractivity contribution < 1.29 is 4.74 Å². The summed E-state index contributed by atoms with van der Waals surface area (Å²) in [6.45, 7) is 2.29. The van der Waals surface area contributed by atoms with Gasteiger partial charge in [-0.3, -0.25) is 0 Å². The molecule has 2 aliphatic carbocycles. The van der Waals surface area contributed by atoms with E-state index < -0.39 is 0 Å². The predicted molar refractivity (Wildman–Crippen MR) is 139 cm³/mol. The summed E-state index contributed by atoms with van der Waals surface area (Å²) < 4.78 is 6.65. The maximum absolute atomic E-state index is 9.44. The molecule has 0 amide bonds. The molecule has 1 heterocycles. The number of para-hydroxylation sites is 1.